The van der Waals surface area contributed by atoms with Gasteiger partial charge in [0, 0.05) is 42.3 Å². The van der Waals surface area contributed by atoms with E-state index in [4.69, 9.17) is 0 Å². The molecule has 0 spiro atoms. The monoisotopic (exact) mass is 394 g/mol. The number of rotatable bonds is 9. The van der Waals surface area contributed by atoms with Crippen LogP contribution < -0.4 is 0 Å². The van der Waals surface area contributed by atoms with Gasteiger partial charge in [-0.05, 0) is 24.5 Å². The second-order valence-corrected chi connectivity index (χ2v) is 6.71. The number of carboxylic acids is 1. The maximum atomic E-state index is 12.3. The topological polar surface area (TPSA) is 73.4 Å². The molecule has 1 heterocycles. The van der Waals surface area contributed by atoms with Crippen molar-refractivity contribution in [2.75, 3.05) is 12.4 Å². The number of carbonyl (C=O) groups excluding carboxylic acids is 1. The number of likely N-dealkylation sites (N-methyl/N-ethyl adjacent to an activating group) is 1. The summed E-state index contributed by atoms with van der Waals surface area (Å²) < 4.78 is 0. The van der Waals surface area contributed by atoms with Crippen LogP contribution in [0.1, 0.15) is 31.2 Å². The number of aliphatic carboxylic acids is 1. The number of carbonyl (C=O) groups is 2. The van der Waals surface area contributed by atoms with Crippen LogP contribution in [0.4, 0.5) is 0 Å². The number of hydrogen-bond acceptors (Lipinski definition) is 2. The molecule has 2 aromatic rings. The van der Waals surface area contributed by atoms with Gasteiger partial charge in [-0.25, -0.2) is 4.79 Å². The van der Waals surface area contributed by atoms with Crippen LogP contribution in [-0.4, -0.2) is 45.3 Å². The van der Waals surface area contributed by atoms with Crippen molar-refractivity contribution in [3.8, 4) is 0 Å². The van der Waals surface area contributed by atoms with E-state index in [-0.39, 0.29) is 5.91 Å². The molecule has 0 radical (unpaired) electrons. The fraction of sp³-hybridized carbons (Fsp3) is 0.444. The van der Waals surface area contributed by atoms with Gasteiger partial charge in [0.05, 0.1) is 0 Å². The first kappa shape index (κ1) is 18.5. The lowest BCUT2D eigenvalue weighted by atomic mass is 10.0. The Kier molecular flexibility index (Phi) is 6.85. The highest BCUT2D eigenvalue weighted by Crippen LogP contribution is 2.21. The number of unbranched alkanes of at least 4 members (excludes halogenated alkanes) is 2. The normalized spacial score (nSPS) is 12.2. The molecular formula is C18H23BrN2O3. The first-order valence-corrected chi connectivity index (χ1v) is 9.26. The predicted molar refractivity (Wildman–Crippen MR) is 98.5 cm³/mol. The Labute approximate surface area is 150 Å². The molecular weight excluding hydrogens is 372 g/mol. The average molecular weight is 395 g/mol. The number of fused-ring (bicyclic) bond motifs is 1. The number of aromatic amines is 1. The van der Waals surface area contributed by atoms with E-state index in [1.165, 1.54) is 4.90 Å². The summed E-state index contributed by atoms with van der Waals surface area (Å²) in [5.41, 5.74) is 1.89. The zero-order chi connectivity index (χ0) is 17.5. The van der Waals surface area contributed by atoms with E-state index in [2.05, 4.69) is 20.9 Å². The van der Waals surface area contributed by atoms with Gasteiger partial charge in [-0.1, -0.05) is 40.5 Å². The third-order valence-corrected chi connectivity index (χ3v) is 4.82. The first-order chi connectivity index (χ1) is 11.5. The Balaban J connectivity index is 2.06. The van der Waals surface area contributed by atoms with Gasteiger partial charge >= 0.3 is 5.97 Å². The molecule has 6 heteroatoms. The molecule has 2 rings (SSSR count). The molecule has 1 amide bonds. The Hall–Kier alpha value is -1.82. The van der Waals surface area contributed by atoms with Crippen LogP contribution in [0.5, 0.6) is 0 Å². The number of alkyl halides is 1. The molecule has 130 valence electrons. The highest BCUT2D eigenvalue weighted by atomic mass is 79.9. The van der Waals surface area contributed by atoms with Crippen molar-refractivity contribution in [3.63, 3.8) is 0 Å². The van der Waals surface area contributed by atoms with Crippen LogP contribution in [0.15, 0.2) is 30.5 Å². The number of para-hydroxylation sites is 1. The molecule has 24 heavy (non-hydrogen) atoms. The number of hydrogen-bond donors (Lipinski definition) is 2. The lowest BCUT2D eigenvalue weighted by Crippen LogP contribution is -2.43. The quantitative estimate of drug-likeness (QED) is 0.504. The number of benzene rings is 1. The van der Waals surface area contributed by atoms with Crippen LogP contribution in [0.2, 0.25) is 0 Å². The number of halogens is 1. The van der Waals surface area contributed by atoms with Gasteiger partial charge in [0.25, 0.3) is 0 Å². The van der Waals surface area contributed by atoms with Gasteiger partial charge in [0.2, 0.25) is 5.91 Å². The molecule has 1 aromatic carbocycles. The summed E-state index contributed by atoms with van der Waals surface area (Å²) in [4.78, 5) is 28.5. The summed E-state index contributed by atoms with van der Waals surface area (Å²) in [6.45, 7) is 0. The Morgan fingerprint density at radius 1 is 1.25 bits per heavy atom. The van der Waals surface area contributed by atoms with E-state index in [0.717, 1.165) is 41.1 Å². The zero-order valence-electron chi connectivity index (χ0n) is 13.8. The second-order valence-electron chi connectivity index (χ2n) is 5.92. The van der Waals surface area contributed by atoms with Crippen LogP contribution in [0.3, 0.4) is 0 Å². The lowest BCUT2D eigenvalue weighted by molar-refractivity contribution is -0.149. The number of amides is 1. The van der Waals surface area contributed by atoms with Crippen molar-refractivity contribution >= 4 is 38.7 Å². The summed E-state index contributed by atoms with van der Waals surface area (Å²) in [6.07, 6.45) is 5.28. The van der Waals surface area contributed by atoms with E-state index >= 15 is 0 Å². The van der Waals surface area contributed by atoms with Gasteiger partial charge in [0.15, 0.2) is 0 Å². The largest absolute Gasteiger partial charge is 0.480 e. The number of H-pyrrole nitrogens is 1. The van der Waals surface area contributed by atoms with Crippen LogP contribution in [0, 0.1) is 0 Å². The van der Waals surface area contributed by atoms with E-state index in [1.807, 2.05) is 30.5 Å². The number of aromatic nitrogens is 1. The van der Waals surface area contributed by atoms with Gasteiger partial charge in [0.1, 0.15) is 6.04 Å². The first-order valence-electron chi connectivity index (χ1n) is 8.14. The molecule has 5 nitrogen and oxygen atoms in total. The molecule has 1 atom stereocenters. The summed E-state index contributed by atoms with van der Waals surface area (Å²) in [6, 6.07) is 6.91. The summed E-state index contributed by atoms with van der Waals surface area (Å²) >= 11 is 3.36. The van der Waals surface area contributed by atoms with Gasteiger partial charge in [-0.2, -0.15) is 0 Å². The standard InChI is InChI=1S/C18H23BrN2O3/c1-21(17(22)9-3-2-6-10-19)16(18(23)24)11-13-12-20-15-8-5-4-7-14(13)15/h4-5,7-8,12,16,20H,2-3,6,9-11H2,1H3,(H,23,24)/t16-/m0/s1. The third kappa shape index (κ3) is 4.60. The third-order valence-electron chi connectivity index (χ3n) is 4.26. The minimum absolute atomic E-state index is 0.114. The highest BCUT2D eigenvalue weighted by Gasteiger charge is 2.27. The van der Waals surface area contributed by atoms with Crippen molar-refractivity contribution in [1.29, 1.82) is 0 Å². The lowest BCUT2D eigenvalue weighted by Gasteiger charge is -2.25. The van der Waals surface area contributed by atoms with Crippen LogP contribution in [0.25, 0.3) is 10.9 Å². The molecule has 0 aliphatic heterocycles. The van der Waals surface area contributed by atoms with Gasteiger partial charge in [-0.15, -0.1) is 0 Å². The van der Waals surface area contributed by atoms with E-state index < -0.39 is 12.0 Å². The SMILES string of the molecule is CN(C(=O)CCCCCBr)[C@@H](Cc1c[nH]c2ccccc12)C(=O)O. The van der Waals surface area contributed by atoms with E-state index in [1.54, 1.807) is 7.05 Å². The fourth-order valence-electron chi connectivity index (χ4n) is 2.80. The molecule has 0 aliphatic carbocycles. The van der Waals surface area contributed by atoms with Crippen LogP contribution >= 0.6 is 15.9 Å². The van der Waals surface area contributed by atoms with Crippen molar-refractivity contribution in [2.24, 2.45) is 0 Å². The Morgan fingerprint density at radius 3 is 2.71 bits per heavy atom. The van der Waals surface area contributed by atoms with Gasteiger partial charge < -0.3 is 15.0 Å². The van der Waals surface area contributed by atoms with Crippen molar-refractivity contribution in [3.05, 3.63) is 36.0 Å². The molecule has 0 saturated carbocycles. The average Bonchev–Trinajstić information content (AvgIpc) is 2.98. The number of nitrogens with zero attached hydrogens (tertiary/aromatic N) is 1. The molecule has 1 aromatic heterocycles. The molecule has 0 aliphatic rings. The Morgan fingerprint density at radius 2 is 2.00 bits per heavy atom. The molecule has 0 unspecified atom stereocenters. The molecule has 0 saturated heterocycles. The fourth-order valence-corrected chi connectivity index (χ4v) is 3.19. The molecule has 2 N–H and O–H groups in total. The maximum absolute atomic E-state index is 12.3. The number of nitrogens with one attached hydrogen (secondary N) is 1. The number of carboxylic acid groups (broad SMARTS) is 1. The maximum Gasteiger partial charge on any atom is 0.326 e. The predicted octanol–water partition coefficient (Wildman–Crippen LogP) is 3.58. The minimum Gasteiger partial charge on any atom is -0.480 e. The summed E-state index contributed by atoms with van der Waals surface area (Å²) in [5.74, 6) is -1.09. The highest BCUT2D eigenvalue weighted by molar-refractivity contribution is 9.09. The minimum atomic E-state index is -0.975. The van der Waals surface area contributed by atoms with Crippen molar-refractivity contribution < 1.29 is 14.7 Å². The molecule has 0 fully saturated rings. The van der Waals surface area contributed by atoms with E-state index in [9.17, 15) is 14.7 Å². The van der Waals surface area contributed by atoms with E-state index in [0.29, 0.717) is 12.8 Å². The second kappa shape index (κ2) is 8.87. The van der Waals surface area contributed by atoms with Crippen LogP contribution in [-0.2, 0) is 16.0 Å². The summed E-state index contributed by atoms with van der Waals surface area (Å²) in [5, 5.41) is 11.5. The van der Waals surface area contributed by atoms with Crippen molar-refractivity contribution in [1.82, 2.24) is 9.88 Å². The summed E-state index contributed by atoms with van der Waals surface area (Å²) in [7, 11) is 1.58. The smallest absolute Gasteiger partial charge is 0.326 e. The van der Waals surface area contributed by atoms with Crippen molar-refractivity contribution in [2.45, 2.75) is 38.1 Å². The zero-order valence-corrected chi connectivity index (χ0v) is 15.4. The molecule has 0 bridgehead atoms. The van der Waals surface area contributed by atoms with Gasteiger partial charge in [-0.3, -0.25) is 4.79 Å². The Bertz CT molecular complexity index is 698.